The third-order valence-electron chi connectivity index (χ3n) is 13.8. The van der Waals surface area contributed by atoms with Gasteiger partial charge < -0.3 is 9.80 Å². The van der Waals surface area contributed by atoms with Gasteiger partial charge in [-0.05, 0) is 149 Å². The van der Waals surface area contributed by atoms with Crippen LogP contribution in [0.5, 0.6) is 0 Å². The number of benzene rings is 7. The van der Waals surface area contributed by atoms with Crippen LogP contribution in [0.4, 0.5) is 34.1 Å². The zero-order chi connectivity index (χ0) is 34.7. The average molecular weight is 681 g/mol. The topological polar surface area (TPSA) is 6.48 Å². The van der Waals surface area contributed by atoms with Crippen LogP contribution in [0, 0.1) is 17.8 Å². The van der Waals surface area contributed by atoms with E-state index in [-0.39, 0.29) is 12.1 Å². The Morgan fingerprint density at radius 3 is 1.70 bits per heavy atom. The van der Waals surface area contributed by atoms with E-state index in [1.807, 2.05) is 0 Å². The van der Waals surface area contributed by atoms with Crippen LogP contribution in [0.25, 0.3) is 21.9 Å². The molecule has 4 bridgehead atoms. The molecule has 0 radical (unpaired) electrons. The highest BCUT2D eigenvalue weighted by Gasteiger charge is 2.53. The predicted molar refractivity (Wildman–Crippen MR) is 223 cm³/mol. The van der Waals surface area contributed by atoms with Crippen LogP contribution >= 0.6 is 0 Å². The molecular weight excluding hydrogens is 639 g/mol. The normalized spacial score (nSPS) is 23.2. The Balaban J connectivity index is 1.16. The Bertz CT molecular complexity index is 2550. The number of hydrogen-bond acceptors (Lipinski definition) is 2. The van der Waals surface area contributed by atoms with Crippen molar-refractivity contribution in [3.05, 3.63) is 163 Å². The Hall–Kier alpha value is -5.54. The molecule has 2 aliphatic heterocycles. The van der Waals surface area contributed by atoms with E-state index in [1.165, 1.54) is 111 Å². The first kappa shape index (κ1) is 30.0. The number of nitrogens with zero attached hydrogens (tertiary/aromatic N) is 2. The van der Waals surface area contributed by atoms with Gasteiger partial charge in [0.2, 0.25) is 0 Å². The first-order chi connectivity index (χ1) is 26.2. The summed E-state index contributed by atoms with van der Waals surface area (Å²) in [5, 5.41) is 2.55. The van der Waals surface area contributed by atoms with Crippen LogP contribution in [-0.4, -0.2) is 6.71 Å². The molecule has 0 unspecified atom stereocenters. The summed E-state index contributed by atoms with van der Waals surface area (Å²) in [4.78, 5) is 5.24. The lowest BCUT2D eigenvalue weighted by Gasteiger charge is -2.57. The van der Waals surface area contributed by atoms with Crippen molar-refractivity contribution in [3.8, 4) is 11.1 Å². The smallest absolute Gasteiger partial charge is 0.252 e. The Kier molecular flexibility index (Phi) is 6.35. The third kappa shape index (κ3) is 4.40. The molecule has 0 aromatic heterocycles. The van der Waals surface area contributed by atoms with Crippen molar-refractivity contribution in [1.82, 2.24) is 0 Å². The summed E-state index contributed by atoms with van der Waals surface area (Å²) < 4.78 is 0. The molecule has 0 spiro atoms. The van der Waals surface area contributed by atoms with Crippen LogP contribution in [0.1, 0.15) is 44.1 Å². The van der Waals surface area contributed by atoms with Crippen molar-refractivity contribution in [2.24, 2.45) is 17.8 Å². The minimum absolute atomic E-state index is 0.141. The molecule has 3 heteroatoms. The molecule has 53 heavy (non-hydrogen) atoms. The molecule has 4 fully saturated rings. The summed E-state index contributed by atoms with van der Waals surface area (Å²) in [5.74, 6) is 2.62. The third-order valence-corrected chi connectivity index (χ3v) is 13.8. The summed E-state index contributed by atoms with van der Waals surface area (Å²) >= 11 is 0. The van der Waals surface area contributed by atoms with Crippen molar-refractivity contribution in [1.29, 1.82) is 0 Å². The van der Waals surface area contributed by atoms with Crippen LogP contribution < -0.4 is 26.2 Å². The molecule has 254 valence electrons. The number of rotatable bonds is 4. The minimum Gasteiger partial charge on any atom is -0.311 e. The SMILES string of the molecule is c1ccc(N2c3ccccc3B3c4ccccc4N(c4ccccc4-c4ccc5ccccc5c4)c4cc(C56CC7CC(CC(C7)C5)C6)cc2c43)cc1. The maximum absolute atomic E-state index is 2.68. The zero-order valence-corrected chi connectivity index (χ0v) is 30.0. The molecule has 4 saturated carbocycles. The lowest BCUT2D eigenvalue weighted by molar-refractivity contribution is -0.00514. The number of hydrogen-bond donors (Lipinski definition) is 0. The van der Waals surface area contributed by atoms with Gasteiger partial charge in [0.25, 0.3) is 6.71 Å². The van der Waals surface area contributed by atoms with E-state index in [0.29, 0.717) is 0 Å². The monoisotopic (exact) mass is 680 g/mol. The highest BCUT2D eigenvalue weighted by Crippen LogP contribution is 2.62. The van der Waals surface area contributed by atoms with Gasteiger partial charge in [0.05, 0.1) is 5.69 Å². The molecule has 7 aromatic carbocycles. The number of para-hydroxylation sites is 4. The summed E-state index contributed by atoms with van der Waals surface area (Å²) in [6.45, 7) is 0.141. The molecular formula is C50H41BN2. The molecule has 13 rings (SSSR count). The van der Waals surface area contributed by atoms with E-state index in [1.54, 1.807) is 5.56 Å². The number of anilines is 6. The fourth-order valence-electron chi connectivity index (χ4n) is 12.1. The van der Waals surface area contributed by atoms with Gasteiger partial charge in [-0.25, -0.2) is 0 Å². The number of fused-ring (bicyclic) bond motifs is 5. The van der Waals surface area contributed by atoms with Gasteiger partial charge in [0, 0.05) is 34.0 Å². The van der Waals surface area contributed by atoms with E-state index in [9.17, 15) is 0 Å². The zero-order valence-electron chi connectivity index (χ0n) is 30.0. The lowest BCUT2D eigenvalue weighted by Crippen LogP contribution is -2.61. The van der Waals surface area contributed by atoms with Gasteiger partial charge in [-0.15, -0.1) is 0 Å². The molecule has 2 nitrogen and oxygen atoms in total. The van der Waals surface area contributed by atoms with Crippen LogP contribution in [-0.2, 0) is 5.41 Å². The molecule has 2 heterocycles. The van der Waals surface area contributed by atoms with Gasteiger partial charge in [-0.3, -0.25) is 0 Å². The van der Waals surface area contributed by atoms with Crippen molar-refractivity contribution < 1.29 is 0 Å². The molecule has 0 amide bonds. The minimum atomic E-state index is 0.141. The van der Waals surface area contributed by atoms with Crippen LogP contribution in [0.15, 0.2) is 158 Å². The van der Waals surface area contributed by atoms with E-state index >= 15 is 0 Å². The summed E-state index contributed by atoms with van der Waals surface area (Å²) in [6.07, 6.45) is 8.36. The average Bonchev–Trinajstić information content (AvgIpc) is 3.20. The second-order valence-electron chi connectivity index (χ2n) is 16.8. The van der Waals surface area contributed by atoms with Crippen LogP contribution in [0.2, 0.25) is 0 Å². The fraction of sp³-hybridized carbons (Fsp3) is 0.200. The molecule has 0 atom stereocenters. The lowest BCUT2D eigenvalue weighted by atomic mass is 9.33. The van der Waals surface area contributed by atoms with E-state index < -0.39 is 0 Å². The quantitative estimate of drug-likeness (QED) is 0.171. The summed E-state index contributed by atoms with van der Waals surface area (Å²) in [7, 11) is 0. The summed E-state index contributed by atoms with van der Waals surface area (Å²) in [6, 6.07) is 59.8. The standard InChI is InChI=1S/C50H41BN2/c1-2-14-40(15-3-1)52-45-20-10-7-17-42(45)51-43-18-8-11-21-46(43)53(44-19-9-6-16-41(44)38-23-22-36-12-4-5-13-37(36)27-38)48-29-39(28-47(52)49(48)51)50-30-33-24-34(31-50)26-35(25-33)32-50/h1-23,27-29,33-35H,24-26,30-32H2. The first-order valence-electron chi connectivity index (χ1n) is 19.8. The predicted octanol–water partition coefficient (Wildman–Crippen LogP) is 11.1. The summed E-state index contributed by atoms with van der Waals surface area (Å²) in [5.41, 5.74) is 16.2. The first-order valence-corrected chi connectivity index (χ1v) is 19.8. The maximum Gasteiger partial charge on any atom is 0.252 e. The van der Waals surface area contributed by atoms with Crippen molar-refractivity contribution in [3.63, 3.8) is 0 Å². The van der Waals surface area contributed by atoms with E-state index in [0.717, 1.165) is 17.8 Å². The Morgan fingerprint density at radius 2 is 1.00 bits per heavy atom. The van der Waals surface area contributed by atoms with Gasteiger partial charge in [-0.2, -0.15) is 0 Å². The molecule has 7 aromatic rings. The van der Waals surface area contributed by atoms with Crippen LogP contribution in [0.3, 0.4) is 0 Å². The maximum atomic E-state index is 2.68. The second kappa shape index (κ2) is 11.2. The fourth-order valence-corrected chi connectivity index (χ4v) is 12.1. The van der Waals surface area contributed by atoms with Gasteiger partial charge in [-0.1, -0.05) is 109 Å². The van der Waals surface area contributed by atoms with Crippen molar-refractivity contribution in [2.75, 3.05) is 9.80 Å². The van der Waals surface area contributed by atoms with Crippen molar-refractivity contribution >= 4 is 68.0 Å². The highest BCUT2D eigenvalue weighted by atomic mass is 15.2. The molecule has 6 aliphatic rings. The Labute approximate surface area is 312 Å². The largest absolute Gasteiger partial charge is 0.311 e. The van der Waals surface area contributed by atoms with Gasteiger partial charge in [0.15, 0.2) is 0 Å². The second-order valence-corrected chi connectivity index (χ2v) is 16.8. The highest BCUT2D eigenvalue weighted by molar-refractivity contribution is 7.00. The molecule has 0 N–H and O–H groups in total. The van der Waals surface area contributed by atoms with Gasteiger partial charge >= 0.3 is 0 Å². The molecule has 0 saturated heterocycles. The Morgan fingerprint density at radius 1 is 0.453 bits per heavy atom. The van der Waals surface area contributed by atoms with E-state index in [2.05, 4.69) is 168 Å². The van der Waals surface area contributed by atoms with Gasteiger partial charge in [0.1, 0.15) is 0 Å². The van der Waals surface area contributed by atoms with E-state index in [4.69, 9.17) is 0 Å². The molecule has 4 aliphatic carbocycles. The van der Waals surface area contributed by atoms with Crippen molar-refractivity contribution in [2.45, 2.75) is 43.9 Å².